The third-order valence-corrected chi connectivity index (χ3v) is 3.88. The van der Waals surface area contributed by atoms with Gasteiger partial charge in [-0.2, -0.15) is 0 Å². The van der Waals surface area contributed by atoms with Gasteiger partial charge in [-0.25, -0.2) is 4.79 Å². The number of benzene rings is 2. The van der Waals surface area contributed by atoms with Crippen LogP contribution >= 0.6 is 0 Å². The second-order valence-corrected chi connectivity index (χ2v) is 7.23. The van der Waals surface area contributed by atoms with Crippen molar-refractivity contribution in [2.24, 2.45) is 0 Å². The maximum atomic E-state index is 12.2. The Bertz CT molecular complexity index is 675. The van der Waals surface area contributed by atoms with Crippen LogP contribution in [0.2, 0.25) is 0 Å². The van der Waals surface area contributed by atoms with E-state index in [9.17, 15) is 4.79 Å². The highest BCUT2D eigenvalue weighted by Gasteiger charge is 2.20. The number of hydrogen-bond donors (Lipinski definition) is 0. The molecule has 4 nitrogen and oxygen atoms in total. The van der Waals surface area contributed by atoms with Crippen LogP contribution in [0.25, 0.3) is 0 Å². The molecule has 0 N–H and O–H groups in total. The first kappa shape index (κ1) is 19.8. The van der Waals surface area contributed by atoms with Gasteiger partial charge in [0.25, 0.3) is 0 Å². The summed E-state index contributed by atoms with van der Waals surface area (Å²) in [4.78, 5) is 13.9. The van der Waals surface area contributed by atoms with Crippen LogP contribution < -0.4 is 4.74 Å². The zero-order valence-electron chi connectivity index (χ0n) is 16.2. The van der Waals surface area contributed by atoms with Gasteiger partial charge >= 0.3 is 6.09 Å². The van der Waals surface area contributed by atoms with Crippen molar-refractivity contribution < 1.29 is 14.3 Å². The molecule has 0 aliphatic rings. The van der Waals surface area contributed by atoms with Crippen molar-refractivity contribution in [3.05, 3.63) is 65.7 Å². The SMILES string of the molecule is CCN(CCc1ccc(OCc2ccccc2)cc1)C(=O)OC(C)(C)C. The fourth-order valence-corrected chi connectivity index (χ4v) is 2.46. The molecule has 0 saturated heterocycles. The highest BCUT2D eigenvalue weighted by atomic mass is 16.6. The van der Waals surface area contributed by atoms with Crippen LogP contribution in [-0.4, -0.2) is 29.7 Å². The van der Waals surface area contributed by atoms with E-state index in [1.54, 1.807) is 4.90 Å². The molecule has 4 heteroatoms. The third kappa shape index (κ3) is 6.79. The lowest BCUT2D eigenvalue weighted by atomic mass is 10.1. The molecule has 0 saturated carbocycles. The minimum absolute atomic E-state index is 0.261. The van der Waals surface area contributed by atoms with Gasteiger partial charge in [-0.05, 0) is 57.4 Å². The Morgan fingerprint density at radius 3 is 2.19 bits per heavy atom. The van der Waals surface area contributed by atoms with Crippen LogP contribution in [0.1, 0.15) is 38.8 Å². The van der Waals surface area contributed by atoms with Gasteiger partial charge in [0.05, 0.1) is 0 Å². The standard InChI is InChI=1S/C22H29NO3/c1-5-23(21(24)26-22(2,3)4)16-15-18-11-13-20(14-12-18)25-17-19-9-7-6-8-10-19/h6-14H,5,15-17H2,1-4H3. The van der Waals surface area contributed by atoms with E-state index in [0.29, 0.717) is 19.7 Å². The van der Waals surface area contributed by atoms with Crippen LogP contribution in [0, 0.1) is 0 Å². The van der Waals surface area contributed by atoms with E-state index in [0.717, 1.165) is 17.7 Å². The molecule has 0 aliphatic carbocycles. The Balaban J connectivity index is 1.83. The number of ether oxygens (including phenoxy) is 2. The highest BCUT2D eigenvalue weighted by molar-refractivity contribution is 5.68. The minimum Gasteiger partial charge on any atom is -0.489 e. The Kier molecular flexibility index (Phi) is 7.07. The third-order valence-electron chi connectivity index (χ3n) is 3.88. The second-order valence-electron chi connectivity index (χ2n) is 7.23. The van der Waals surface area contributed by atoms with Gasteiger partial charge in [0.2, 0.25) is 0 Å². The van der Waals surface area contributed by atoms with Crippen molar-refractivity contribution in [1.29, 1.82) is 0 Å². The number of nitrogens with zero attached hydrogens (tertiary/aromatic N) is 1. The molecular formula is C22H29NO3. The Morgan fingerprint density at radius 1 is 0.962 bits per heavy atom. The maximum Gasteiger partial charge on any atom is 0.410 e. The Labute approximate surface area is 156 Å². The lowest BCUT2D eigenvalue weighted by molar-refractivity contribution is 0.0262. The van der Waals surface area contributed by atoms with Crippen molar-refractivity contribution in [1.82, 2.24) is 4.90 Å². The summed E-state index contributed by atoms with van der Waals surface area (Å²) >= 11 is 0. The quantitative estimate of drug-likeness (QED) is 0.696. The van der Waals surface area contributed by atoms with E-state index in [1.165, 1.54) is 5.56 Å². The largest absolute Gasteiger partial charge is 0.489 e. The summed E-state index contributed by atoms with van der Waals surface area (Å²) in [6.45, 7) is 9.43. The summed E-state index contributed by atoms with van der Waals surface area (Å²) in [5.74, 6) is 0.845. The molecule has 0 atom stereocenters. The predicted octanol–water partition coefficient (Wildman–Crippen LogP) is 5.07. The summed E-state index contributed by atoms with van der Waals surface area (Å²) in [5.41, 5.74) is 1.84. The number of likely N-dealkylation sites (N-methyl/N-ethyl adjacent to an activating group) is 1. The van der Waals surface area contributed by atoms with Crippen LogP contribution in [0.3, 0.4) is 0 Å². The zero-order valence-corrected chi connectivity index (χ0v) is 16.2. The van der Waals surface area contributed by atoms with E-state index in [1.807, 2.05) is 82.3 Å². The first-order valence-electron chi connectivity index (χ1n) is 9.11. The minimum atomic E-state index is -0.470. The average molecular weight is 355 g/mol. The monoisotopic (exact) mass is 355 g/mol. The van der Waals surface area contributed by atoms with Gasteiger partial charge in [-0.15, -0.1) is 0 Å². The van der Waals surface area contributed by atoms with Crippen LogP contribution in [0.5, 0.6) is 5.75 Å². The molecule has 0 bridgehead atoms. The zero-order chi connectivity index (χ0) is 19.0. The van der Waals surface area contributed by atoms with Gasteiger partial charge in [-0.1, -0.05) is 42.5 Å². The average Bonchev–Trinajstić information content (AvgIpc) is 2.61. The fourth-order valence-electron chi connectivity index (χ4n) is 2.46. The van der Waals surface area contributed by atoms with Crippen LogP contribution in [0.4, 0.5) is 4.79 Å². The van der Waals surface area contributed by atoms with Crippen molar-refractivity contribution >= 4 is 6.09 Å². The summed E-state index contributed by atoms with van der Waals surface area (Å²) < 4.78 is 11.2. The normalized spacial score (nSPS) is 11.1. The Hall–Kier alpha value is -2.49. The molecular weight excluding hydrogens is 326 g/mol. The van der Waals surface area contributed by atoms with E-state index in [4.69, 9.17) is 9.47 Å². The summed E-state index contributed by atoms with van der Waals surface area (Å²) in [6.07, 6.45) is 0.522. The molecule has 2 aromatic carbocycles. The summed E-state index contributed by atoms with van der Waals surface area (Å²) in [5, 5.41) is 0. The number of carbonyl (C=O) groups is 1. The van der Waals surface area contributed by atoms with Crippen LogP contribution in [0.15, 0.2) is 54.6 Å². The number of carbonyl (C=O) groups excluding carboxylic acids is 1. The van der Waals surface area contributed by atoms with Crippen LogP contribution in [-0.2, 0) is 17.8 Å². The molecule has 0 radical (unpaired) electrons. The molecule has 1 amide bonds. The van der Waals surface area contributed by atoms with Gasteiger partial charge in [-0.3, -0.25) is 0 Å². The van der Waals surface area contributed by atoms with E-state index < -0.39 is 5.60 Å². The van der Waals surface area contributed by atoms with Crippen molar-refractivity contribution in [2.45, 2.75) is 46.3 Å². The topological polar surface area (TPSA) is 38.8 Å². The molecule has 0 unspecified atom stereocenters. The lowest BCUT2D eigenvalue weighted by Gasteiger charge is -2.26. The van der Waals surface area contributed by atoms with Crippen molar-refractivity contribution in [2.75, 3.05) is 13.1 Å². The van der Waals surface area contributed by atoms with E-state index in [-0.39, 0.29) is 6.09 Å². The Morgan fingerprint density at radius 2 is 1.62 bits per heavy atom. The highest BCUT2D eigenvalue weighted by Crippen LogP contribution is 2.15. The molecule has 0 aliphatic heterocycles. The molecule has 140 valence electrons. The van der Waals surface area contributed by atoms with Gasteiger partial charge in [0.15, 0.2) is 0 Å². The number of amides is 1. The summed E-state index contributed by atoms with van der Waals surface area (Å²) in [6, 6.07) is 18.1. The van der Waals surface area contributed by atoms with E-state index in [2.05, 4.69) is 0 Å². The lowest BCUT2D eigenvalue weighted by Crippen LogP contribution is -2.37. The van der Waals surface area contributed by atoms with Crippen molar-refractivity contribution in [3.8, 4) is 5.75 Å². The molecule has 0 spiro atoms. The molecule has 0 aromatic heterocycles. The molecule has 0 heterocycles. The first-order chi connectivity index (χ1) is 12.4. The number of rotatable bonds is 7. The predicted molar refractivity (Wildman–Crippen MR) is 104 cm³/mol. The molecule has 0 fully saturated rings. The number of hydrogen-bond acceptors (Lipinski definition) is 3. The summed E-state index contributed by atoms with van der Waals surface area (Å²) in [7, 11) is 0. The first-order valence-corrected chi connectivity index (χ1v) is 9.11. The van der Waals surface area contributed by atoms with Gasteiger partial charge in [0, 0.05) is 13.1 Å². The second kappa shape index (κ2) is 9.27. The molecule has 2 aromatic rings. The van der Waals surface area contributed by atoms with Gasteiger partial charge in [0.1, 0.15) is 18.0 Å². The molecule has 2 rings (SSSR count). The van der Waals surface area contributed by atoms with Crippen molar-refractivity contribution in [3.63, 3.8) is 0 Å². The van der Waals surface area contributed by atoms with Gasteiger partial charge < -0.3 is 14.4 Å². The van der Waals surface area contributed by atoms with E-state index >= 15 is 0 Å². The smallest absolute Gasteiger partial charge is 0.410 e. The maximum absolute atomic E-state index is 12.2. The fraction of sp³-hybridized carbons (Fsp3) is 0.409. The molecule has 26 heavy (non-hydrogen) atoms.